The van der Waals surface area contributed by atoms with E-state index in [9.17, 15) is 27.6 Å². The van der Waals surface area contributed by atoms with Crippen molar-refractivity contribution in [1.82, 2.24) is 9.80 Å². The highest BCUT2D eigenvalue weighted by molar-refractivity contribution is 6.04. The third-order valence-corrected chi connectivity index (χ3v) is 5.54. The molecule has 2 aliphatic heterocycles. The Kier molecular flexibility index (Phi) is 7.40. The lowest BCUT2D eigenvalue weighted by Gasteiger charge is -2.31. The van der Waals surface area contributed by atoms with Crippen LogP contribution in [0.1, 0.15) is 42.5 Å². The van der Waals surface area contributed by atoms with E-state index in [-0.39, 0.29) is 24.9 Å². The Morgan fingerprint density at radius 1 is 0.968 bits per heavy atom. The minimum atomic E-state index is -4.58. The molecule has 1 aromatic rings. The summed E-state index contributed by atoms with van der Waals surface area (Å²) < 4.78 is 40.8. The second kappa shape index (κ2) is 10.0. The normalized spacial score (nSPS) is 17.9. The van der Waals surface area contributed by atoms with Gasteiger partial charge in [0, 0.05) is 32.1 Å². The first kappa shape index (κ1) is 22.9. The molecule has 3 amide bonds. The van der Waals surface area contributed by atoms with Crippen LogP contribution in [0, 0.1) is 5.92 Å². The van der Waals surface area contributed by atoms with Crippen LogP contribution < -0.4 is 5.32 Å². The molecule has 2 saturated heterocycles. The number of hydrogen-bond donors (Lipinski definition) is 1. The summed E-state index contributed by atoms with van der Waals surface area (Å²) in [6.45, 7) is 0.0222. The highest BCUT2D eigenvalue weighted by Crippen LogP contribution is 2.24. The van der Waals surface area contributed by atoms with Crippen LogP contribution in [0.25, 0.3) is 0 Å². The van der Waals surface area contributed by atoms with Crippen molar-refractivity contribution >= 4 is 23.6 Å². The molecule has 2 heterocycles. The summed E-state index contributed by atoms with van der Waals surface area (Å²) >= 11 is 0. The highest BCUT2D eigenvalue weighted by atomic mass is 19.4. The minimum Gasteiger partial charge on any atom is -0.440 e. The Hall–Kier alpha value is -2.78. The number of amides is 3. The summed E-state index contributed by atoms with van der Waals surface area (Å²) in [7, 11) is 0. The summed E-state index contributed by atoms with van der Waals surface area (Å²) in [5, 5.41) is 2.82. The second-order valence-electron chi connectivity index (χ2n) is 7.82. The van der Waals surface area contributed by atoms with Crippen molar-refractivity contribution in [1.29, 1.82) is 0 Å². The molecule has 31 heavy (non-hydrogen) atoms. The van der Waals surface area contributed by atoms with Crippen molar-refractivity contribution in [2.24, 2.45) is 5.92 Å². The van der Waals surface area contributed by atoms with Gasteiger partial charge in [-0.25, -0.2) is 4.79 Å². The predicted octanol–water partition coefficient (Wildman–Crippen LogP) is 3.66. The summed E-state index contributed by atoms with van der Waals surface area (Å²) in [6, 6.07) is 6.85. The molecule has 0 unspecified atom stereocenters. The molecule has 2 aliphatic rings. The Morgan fingerprint density at radius 2 is 1.61 bits per heavy atom. The quantitative estimate of drug-likeness (QED) is 0.774. The van der Waals surface area contributed by atoms with E-state index in [1.165, 1.54) is 4.90 Å². The van der Waals surface area contributed by atoms with Gasteiger partial charge < -0.3 is 19.9 Å². The third kappa shape index (κ3) is 6.35. The number of nitrogens with zero attached hydrogens (tertiary/aromatic N) is 2. The van der Waals surface area contributed by atoms with Gasteiger partial charge in [-0.15, -0.1) is 0 Å². The number of likely N-dealkylation sites (tertiary alicyclic amines) is 2. The molecule has 3 rings (SSSR count). The average Bonchev–Trinajstić information content (AvgIpc) is 2.77. The molecule has 2 fully saturated rings. The highest BCUT2D eigenvalue weighted by Gasteiger charge is 2.33. The summed E-state index contributed by atoms with van der Waals surface area (Å²) in [5.41, 5.74) is 0.876. The Labute approximate surface area is 178 Å². The van der Waals surface area contributed by atoms with Gasteiger partial charge in [-0.1, -0.05) is 12.1 Å². The predicted molar refractivity (Wildman–Crippen MR) is 107 cm³/mol. The van der Waals surface area contributed by atoms with Crippen molar-refractivity contribution in [3.8, 4) is 0 Å². The Morgan fingerprint density at radius 3 is 2.26 bits per heavy atom. The maximum absolute atomic E-state index is 12.9. The number of nitrogens with one attached hydrogen (secondary N) is 1. The van der Waals surface area contributed by atoms with Crippen LogP contribution in [0.15, 0.2) is 24.3 Å². The zero-order valence-electron chi connectivity index (χ0n) is 17.1. The van der Waals surface area contributed by atoms with E-state index in [0.29, 0.717) is 37.2 Å². The molecule has 1 N–H and O–H groups in total. The molecule has 0 aliphatic carbocycles. The SMILES string of the molecule is O=C(Nc1ccccc1C(=O)N1CCCCC1)C1CCN(C(=O)OCC(F)(F)F)CC1. The van der Waals surface area contributed by atoms with Crippen LogP contribution in [0.4, 0.5) is 23.7 Å². The van der Waals surface area contributed by atoms with Gasteiger partial charge >= 0.3 is 12.3 Å². The molecule has 0 bridgehead atoms. The number of hydrogen-bond acceptors (Lipinski definition) is 4. The number of alkyl halides is 3. The first-order valence-electron chi connectivity index (χ1n) is 10.4. The zero-order chi connectivity index (χ0) is 22.4. The number of piperidine rings is 2. The summed E-state index contributed by atoms with van der Waals surface area (Å²) in [5.74, 6) is -0.801. The van der Waals surface area contributed by atoms with Crippen LogP contribution >= 0.6 is 0 Å². The number of anilines is 1. The van der Waals surface area contributed by atoms with Gasteiger partial charge in [0.15, 0.2) is 6.61 Å². The van der Waals surface area contributed by atoms with E-state index in [2.05, 4.69) is 10.1 Å². The number of rotatable bonds is 4. The van der Waals surface area contributed by atoms with Crippen molar-refractivity contribution < 1.29 is 32.3 Å². The maximum atomic E-state index is 12.9. The molecule has 10 heteroatoms. The van der Waals surface area contributed by atoms with Crippen LogP contribution in [0.3, 0.4) is 0 Å². The van der Waals surface area contributed by atoms with Gasteiger partial charge in [0.25, 0.3) is 5.91 Å². The van der Waals surface area contributed by atoms with Gasteiger partial charge in [-0.05, 0) is 44.2 Å². The van der Waals surface area contributed by atoms with E-state index >= 15 is 0 Å². The standard InChI is InChI=1S/C21H26F3N3O4/c22-21(23,24)14-31-20(30)27-12-8-15(9-13-27)18(28)25-17-7-3-2-6-16(17)19(29)26-10-4-1-5-11-26/h2-3,6-7,15H,1,4-5,8-14H2,(H,25,28). The number of ether oxygens (including phenoxy) is 1. The molecule has 0 spiro atoms. The first-order valence-corrected chi connectivity index (χ1v) is 10.4. The largest absolute Gasteiger partial charge is 0.440 e. The molecule has 0 aromatic heterocycles. The number of benzene rings is 1. The molecule has 1 aromatic carbocycles. The molecule has 0 atom stereocenters. The van der Waals surface area contributed by atoms with E-state index in [4.69, 9.17) is 0 Å². The summed E-state index contributed by atoms with van der Waals surface area (Å²) in [6.07, 6.45) is -1.98. The van der Waals surface area contributed by atoms with Gasteiger partial charge in [0.1, 0.15) is 0 Å². The molecule has 0 saturated carbocycles. The molecular weight excluding hydrogens is 415 g/mol. The molecule has 0 radical (unpaired) electrons. The summed E-state index contributed by atoms with van der Waals surface area (Å²) in [4.78, 5) is 40.3. The molecule has 7 nitrogen and oxygen atoms in total. The second-order valence-corrected chi connectivity index (χ2v) is 7.82. The first-order chi connectivity index (χ1) is 14.7. The maximum Gasteiger partial charge on any atom is 0.422 e. The van der Waals surface area contributed by atoms with E-state index in [1.807, 2.05) is 0 Å². The minimum absolute atomic E-state index is 0.113. The lowest BCUT2D eigenvalue weighted by atomic mass is 9.96. The lowest BCUT2D eigenvalue weighted by molar-refractivity contribution is -0.162. The van der Waals surface area contributed by atoms with E-state index < -0.39 is 24.8 Å². The van der Waals surface area contributed by atoms with Gasteiger partial charge in [-0.3, -0.25) is 9.59 Å². The fraction of sp³-hybridized carbons (Fsp3) is 0.571. The van der Waals surface area contributed by atoms with Gasteiger partial charge in [0.2, 0.25) is 5.91 Å². The lowest BCUT2D eigenvalue weighted by Crippen LogP contribution is -2.42. The Balaban J connectivity index is 1.55. The van der Waals surface area contributed by atoms with E-state index in [1.54, 1.807) is 29.2 Å². The number of carbonyl (C=O) groups is 3. The fourth-order valence-corrected chi connectivity index (χ4v) is 3.84. The topological polar surface area (TPSA) is 79.0 Å². The smallest absolute Gasteiger partial charge is 0.422 e. The average molecular weight is 441 g/mol. The Bertz CT molecular complexity index is 801. The van der Waals surface area contributed by atoms with Crippen molar-refractivity contribution in [3.05, 3.63) is 29.8 Å². The van der Waals surface area contributed by atoms with Gasteiger partial charge in [0.05, 0.1) is 11.3 Å². The van der Waals surface area contributed by atoms with Crippen LogP contribution in [0.2, 0.25) is 0 Å². The van der Waals surface area contributed by atoms with Gasteiger partial charge in [-0.2, -0.15) is 13.2 Å². The fourth-order valence-electron chi connectivity index (χ4n) is 3.84. The molecule has 170 valence electrons. The molecular formula is C21H26F3N3O4. The zero-order valence-corrected chi connectivity index (χ0v) is 17.1. The van der Waals surface area contributed by atoms with Crippen LogP contribution in [-0.2, 0) is 9.53 Å². The van der Waals surface area contributed by atoms with Crippen LogP contribution in [-0.4, -0.2) is 66.7 Å². The third-order valence-electron chi connectivity index (χ3n) is 5.54. The monoisotopic (exact) mass is 441 g/mol. The number of halogens is 3. The van der Waals surface area contributed by atoms with Crippen molar-refractivity contribution in [2.45, 2.75) is 38.3 Å². The van der Waals surface area contributed by atoms with Crippen LogP contribution in [0.5, 0.6) is 0 Å². The van der Waals surface area contributed by atoms with Crippen molar-refractivity contribution in [3.63, 3.8) is 0 Å². The van der Waals surface area contributed by atoms with Crippen molar-refractivity contribution in [2.75, 3.05) is 38.1 Å². The van der Waals surface area contributed by atoms with E-state index in [0.717, 1.165) is 19.3 Å². The number of carbonyl (C=O) groups excluding carboxylic acids is 3. The number of para-hydroxylation sites is 1.